The largest absolute Gasteiger partial charge is 0.497 e. The third kappa shape index (κ3) is 5.73. The Morgan fingerprint density at radius 1 is 0.886 bits per heavy atom. The Hall–Kier alpha value is -4.04. The lowest BCUT2D eigenvalue weighted by Gasteiger charge is -2.26. The highest BCUT2D eigenvalue weighted by molar-refractivity contribution is 7.80. The van der Waals surface area contributed by atoms with Crippen LogP contribution in [0.2, 0.25) is 0 Å². The first-order valence-electron chi connectivity index (χ1n) is 11.0. The molecule has 8 heteroatoms. The van der Waals surface area contributed by atoms with Crippen molar-refractivity contribution in [2.75, 3.05) is 26.6 Å². The molecule has 7 nitrogen and oxygen atoms in total. The van der Waals surface area contributed by atoms with Gasteiger partial charge in [-0.05, 0) is 54.2 Å². The van der Waals surface area contributed by atoms with Crippen molar-refractivity contribution in [1.29, 1.82) is 0 Å². The quantitative estimate of drug-likeness (QED) is 0.339. The molecule has 2 N–H and O–H groups in total. The number of nitrogens with zero attached hydrogens (tertiary/aromatic N) is 1. The third-order valence-electron chi connectivity index (χ3n) is 5.63. The van der Waals surface area contributed by atoms with Gasteiger partial charge in [0.15, 0.2) is 16.6 Å². The maximum absolute atomic E-state index is 13.0. The zero-order chi connectivity index (χ0) is 24.8. The summed E-state index contributed by atoms with van der Waals surface area (Å²) < 4.78 is 16.1. The van der Waals surface area contributed by atoms with Crippen LogP contribution in [0, 0.1) is 0 Å². The number of hydrogen-bond donors (Lipinski definition) is 2. The van der Waals surface area contributed by atoms with E-state index in [2.05, 4.69) is 10.3 Å². The molecule has 4 rings (SSSR count). The van der Waals surface area contributed by atoms with E-state index in [4.69, 9.17) is 26.4 Å². The van der Waals surface area contributed by atoms with Crippen LogP contribution in [0.3, 0.4) is 0 Å². The predicted molar refractivity (Wildman–Crippen MR) is 143 cm³/mol. The number of benzene rings is 3. The van der Waals surface area contributed by atoms with E-state index in [-0.39, 0.29) is 5.56 Å². The van der Waals surface area contributed by atoms with E-state index in [0.29, 0.717) is 40.8 Å². The average Bonchev–Trinajstić information content (AvgIpc) is 2.88. The molecule has 0 spiro atoms. The average molecular weight is 490 g/mol. The highest BCUT2D eigenvalue weighted by Gasteiger charge is 2.16. The standard InChI is InChI=1S/C27H27N3O4S/c1-32-22-11-9-18(10-12-22)16-30(27(35)28-21-7-5-4-6-8-21)17-20-13-19-14-24(33-2)25(34-3)15-23(19)29-26(20)31/h4-15H,16-17H2,1-3H3,(H,28,35)(H,29,31). The van der Waals surface area contributed by atoms with Gasteiger partial charge in [-0.15, -0.1) is 0 Å². The van der Waals surface area contributed by atoms with Crippen molar-refractivity contribution in [3.05, 3.63) is 94.3 Å². The van der Waals surface area contributed by atoms with Gasteiger partial charge in [0.25, 0.3) is 5.56 Å². The van der Waals surface area contributed by atoms with E-state index in [1.165, 1.54) is 0 Å². The van der Waals surface area contributed by atoms with Gasteiger partial charge in [-0.25, -0.2) is 0 Å². The van der Waals surface area contributed by atoms with E-state index in [1.807, 2.05) is 71.6 Å². The zero-order valence-corrected chi connectivity index (χ0v) is 20.6. The molecular formula is C27H27N3O4S. The van der Waals surface area contributed by atoms with Gasteiger partial charge in [0.05, 0.1) is 33.4 Å². The van der Waals surface area contributed by atoms with E-state index in [0.717, 1.165) is 22.4 Å². The number of aromatic nitrogens is 1. The minimum atomic E-state index is -0.188. The topological polar surface area (TPSA) is 75.8 Å². The van der Waals surface area contributed by atoms with Crippen molar-refractivity contribution in [2.45, 2.75) is 13.1 Å². The van der Waals surface area contributed by atoms with E-state index in [1.54, 1.807) is 27.4 Å². The van der Waals surface area contributed by atoms with Crippen LogP contribution in [0.4, 0.5) is 5.69 Å². The molecule has 0 unspecified atom stereocenters. The highest BCUT2D eigenvalue weighted by Crippen LogP contribution is 2.31. The molecule has 0 bridgehead atoms. The van der Waals surface area contributed by atoms with Gasteiger partial charge in [-0.1, -0.05) is 30.3 Å². The first kappa shape index (κ1) is 24.1. The lowest BCUT2D eigenvalue weighted by atomic mass is 10.1. The Labute approximate surface area is 209 Å². The number of rotatable bonds is 8. The van der Waals surface area contributed by atoms with Gasteiger partial charge in [0.2, 0.25) is 0 Å². The van der Waals surface area contributed by atoms with Gasteiger partial charge >= 0.3 is 0 Å². The van der Waals surface area contributed by atoms with Gasteiger partial charge in [0, 0.05) is 29.2 Å². The number of hydrogen-bond acceptors (Lipinski definition) is 5. The second-order valence-corrected chi connectivity index (χ2v) is 8.31. The normalized spacial score (nSPS) is 10.6. The van der Waals surface area contributed by atoms with Crippen molar-refractivity contribution in [1.82, 2.24) is 9.88 Å². The number of aromatic amines is 1. The molecular weight excluding hydrogens is 462 g/mol. The molecule has 0 aliphatic rings. The summed E-state index contributed by atoms with van der Waals surface area (Å²) in [5.74, 6) is 1.92. The Morgan fingerprint density at radius 3 is 2.23 bits per heavy atom. The fourth-order valence-corrected chi connectivity index (χ4v) is 4.02. The molecule has 4 aromatic rings. The SMILES string of the molecule is COc1ccc(CN(Cc2cc3cc(OC)c(OC)cc3[nH]c2=O)C(=S)Nc2ccccc2)cc1. The van der Waals surface area contributed by atoms with Crippen LogP contribution in [-0.2, 0) is 13.1 Å². The summed E-state index contributed by atoms with van der Waals surface area (Å²) in [6, 6.07) is 23.0. The van der Waals surface area contributed by atoms with E-state index >= 15 is 0 Å². The fraction of sp³-hybridized carbons (Fsp3) is 0.185. The molecule has 180 valence electrons. The maximum atomic E-state index is 13.0. The second kappa shape index (κ2) is 10.9. The molecule has 0 saturated heterocycles. The second-order valence-electron chi connectivity index (χ2n) is 7.92. The Kier molecular flexibility index (Phi) is 7.52. The lowest BCUT2D eigenvalue weighted by molar-refractivity contribution is 0.355. The minimum absolute atomic E-state index is 0.188. The van der Waals surface area contributed by atoms with Crippen molar-refractivity contribution >= 4 is 33.9 Å². The summed E-state index contributed by atoms with van der Waals surface area (Å²) in [7, 11) is 4.78. The van der Waals surface area contributed by atoms with Gasteiger partial charge in [0.1, 0.15) is 5.75 Å². The monoisotopic (exact) mass is 489 g/mol. The van der Waals surface area contributed by atoms with Crippen molar-refractivity contribution in [3.8, 4) is 17.2 Å². The first-order valence-corrected chi connectivity index (χ1v) is 11.4. The number of ether oxygens (including phenoxy) is 3. The van der Waals surface area contributed by atoms with Crippen molar-refractivity contribution in [2.24, 2.45) is 0 Å². The Balaban J connectivity index is 1.67. The number of para-hydroxylation sites is 1. The molecule has 0 fully saturated rings. The van der Waals surface area contributed by atoms with Crippen LogP contribution in [0.15, 0.2) is 77.6 Å². The maximum Gasteiger partial charge on any atom is 0.253 e. The highest BCUT2D eigenvalue weighted by atomic mass is 32.1. The molecule has 0 atom stereocenters. The van der Waals surface area contributed by atoms with Crippen LogP contribution in [0.25, 0.3) is 10.9 Å². The predicted octanol–water partition coefficient (Wildman–Crippen LogP) is 4.95. The van der Waals surface area contributed by atoms with E-state index in [9.17, 15) is 4.79 Å². The number of fused-ring (bicyclic) bond motifs is 1. The van der Waals surface area contributed by atoms with Gasteiger partial charge in [-0.2, -0.15) is 0 Å². The Morgan fingerprint density at radius 2 is 1.57 bits per heavy atom. The van der Waals surface area contributed by atoms with Crippen molar-refractivity contribution in [3.63, 3.8) is 0 Å². The fourth-order valence-electron chi connectivity index (χ4n) is 3.78. The van der Waals surface area contributed by atoms with Crippen LogP contribution in [0.1, 0.15) is 11.1 Å². The van der Waals surface area contributed by atoms with Crippen LogP contribution in [-0.4, -0.2) is 36.3 Å². The number of pyridine rings is 1. The van der Waals surface area contributed by atoms with Crippen LogP contribution >= 0.6 is 12.2 Å². The summed E-state index contributed by atoms with van der Waals surface area (Å²) in [6.07, 6.45) is 0. The number of methoxy groups -OCH3 is 3. The summed E-state index contributed by atoms with van der Waals surface area (Å²) in [5.41, 5.74) is 2.97. The summed E-state index contributed by atoms with van der Waals surface area (Å²) in [4.78, 5) is 17.9. The number of H-pyrrole nitrogens is 1. The molecule has 35 heavy (non-hydrogen) atoms. The number of nitrogens with one attached hydrogen (secondary N) is 2. The molecule has 0 amide bonds. The molecule has 1 heterocycles. The smallest absolute Gasteiger partial charge is 0.253 e. The summed E-state index contributed by atoms with van der Waals surface area (Å²) in [5, 5.41) is 4.63. The third-order valence-corrected chi connectivity index (χ3v) is 5.99. The molecule has 3 aromatic carbocycles. The lowest BCUT2D eigenvalue weighted by Crippen LogP contribution is -2.35. The molecule has 1 aromatic heterocycles. The van der Waals surface area contributed by atoms with Crippen LogP contribution < -0.4 is 25.1 Å². The first-order chi connectivity index (χ1) is 17.0. The Bertz CT molecular complexity index is 1370. The van der Waals surface area contributed by atoms with Gasteiger partial charge in [-0.3, -0.25) is 4.79 Å². The molecule has 0 saturated carbocycles. The van der Waals surface area contributed by atoms with Crippen molar-refractivity contribution < 1.29 is 14.2 Å². The number of anilines is 1. The van der Waals surface area contributed by atoms with E-state index < -0.39 is 0 Å². The summed E-state index contributed by atoms with van der Waals surface area (Å²) >= 11 is 5.76. The molecule has 0 aliphatic carbocycles. The van der Waals surface area contributed by atoms with Gasteiger partial charge < -0.3 is 29.4 Å². The molecule has 0 aliphatic heterocycles. The summed E-state index contributed by atoms with van der Waals surface area (Å²) in [6.45, 7) is 0.816. The zero-order valence-electron chi connectivity index (χ0n) is 19.8. The minimum Gasteiger partial charge on any atom is -0.497 e. The van der Waals surface area contributed by atoms with Crippen LogP contribution in [0.5, 0.6) is 17.2 Å². The number of thiocarbonyl (C=S) groups is 1. The molecule has 0 radical (unpaired) electrons.